The highest BCUT2D eigenvalue weighted by Gasteiger charge is 2.21. The number of hydrogen-bond donors (Lipinski definition) is 2. The van der Waals surface area contributed by atoms with Gasteiger partial charge < -0.3 is 11.5 Å². The maximum atomic E-state index is 10.6. The third-order valence-corrected chi connectivity index (χ3v) is 1.46. The van der Waals surface area contributed by atoms with Crippen LogP contribution in [0.4, 0.5) is 0 Å². The van der Waals surface area contributed by atoms with E-state index < -0.39 is 14.5 Å². The molecule has 5 nitrogen and oxygen atoms in total. The Morgan fingerprint density at radius 2 is 2.30 bits per heavy atom. The molecule has 0 fully saturated rings. The van der Waals surface area contributed by atoms with Crippen molar-refractivity contribution >= 4 is 8.25 Å². The van der Waals surface area contributed by atoms with Crippen LogP contribution in [-0.4, -0.2) is 19.4 Å². The van der Waals surface area contributed by atoms with Gasteiger partial charge in [0.1, 0.15) is 6.61 Å². The highest BCUT2D eigenvalue weighted by molar-refractivity contribution is 7.33. The van der Waals surface area contributed by atoms with Crippen molar-refractivity contribution in [3.8, 4) is 0 Å². The second kappa shape index (κ2) is 5.70. The Labute approximate surface area is 60.6 Å². The molecule has 0 aliphatic rings. The molecule has 0 aromatic carbocycles. The quantitative estimate of drug-likeness (QED) is 0.442. The second-order valence-electron chi connectivity index (χ2n) is 1.66. The molecule has 0 bridgehead atoms. The molecule has 0 heterocycles. The average Bonchev–Trinajstić information content (AvgIpc) is 1.82. The average molecular weight is 167 g/mol. The van der Waals surface area contributed by atoms with Crippen molar-refractivity contribution in [1.82, 2.24) is 0 Å². The minimum Gasteiger partial charge on any atom is -0.328 e. The molecule has 0 rings (SSSR count). The van der Waals surface area contributed by atoms with E-state index in [2.05, 4.69) is 9.05 Å². The molecule has 0 aromatic heterocycles. The van der Waals surface area contributed by atoms with Gasteiger partial charge in [-0.25, -0.2) is 0 Å². The Hall–Kier alpha value is -0.0600. The predicted octanol–water partition coefficient (Wildman–Crippen LogP) is -0.0596. The van der Waals surface area contributed by atoms with Crippen LogP contribution in [0.15, 0.2) is 0 Å². The molecule has 0 aliphatic heterocycles. The van der Waals surface area contributed by atoms with Gasteiger partial charge in [0, 0.05) is 11.1 Å². The predicted molar refractivity (Wildman–Crippen MR) is 37.3 cm³/mol. The van der Waals surface area contributed by atoms with Gasteiger partial charge in [0.05, 0.1) is 0 Å². The Balaban J connectivity index is 3.26. The molecule has 0 saturated carbocycles. The largest absolute Gasteiger partial charge is 0.699 e. The molecule has 0 saturated heterocycles. The van der Waals surface area contributed by atoms with Crippen molar-refractivity contribution in [3.63, 3.8) is 0 Å². The summed E-state index contributed by atoms with van der Waals surface area (Å²) in [6.45, 7) is 2.12. The number of rotatable bonds is 5. The lowest BCUT2D eigenvalue weighted by atomic mass is 10.7. The van der Waals surface area contributed by atoms with Gasteiger partial charge in [0.2, 0.25) is 0 Å². The Kier molecular flexibility index (Phi) is 5.67. The van der Waals surface area contributed by atoms with Crippen molar-refractivity contribution in [2.45, 2.75) is 13.2 Å². The highest BCUT2D eigenvalue weighted by atomic mass is 31.1. The minimum absolute atomic E-state index is 0.224. The van der Waals surface area contributed by atoms with Gasteiger partial charge in [-0.05, 0) is 6.92 Å². The lowest BCUT2D eigenvalue weighted by molar-refractivity contribution is 0.183. The van der Waals surface area contributed by atoms with Crippen molar-refractivity contribution in [1.29, 1.82) is 0 Å². The summed E-state index contributed by atoms with van der Waals surface area (Å²) >= 11 is 0. The first kappa shape index (κ1) is 9.94. The molecular formula is C4H12N2O3P+. The Morgan fingerprint density at radius 1 is 1.70 bits per heavy atom. The summed E-state index contributed by atoms with van der Waals surface area (Å²) in [5.41, 5.74) is 10.2. The van der Waals surface area contributed by atoms with Crippen LogP contribution in [0.25, 0.3) is 0 Å². The van der Waals surface area contributed by atoms with Crippen LogP contribution in [0.5, 0.6) is 0 Å². The van der Waals surface area contributed by atoms with Crippen LogP contribution in [0.2, 0.25) is 0 Å². The summed E-state index contributed by atoms with van der Waals surface area (Å²) < 4.78 is 19.7. The summed E-state index contributed by atoms with van der Waals surface area (Å²) in [5.74, 6) is 0. The van der Waals surface area contributed by atoms with Crippen molar-refractivity contribution in [2.75, 3.05) is 13.2 Å². The second-order valence-corrected chi connectivity index (χ2v) is 2.57. The molecule has 0 aliphatic carbocycles. The number of nitrogens with two attached hydrogens (primary N) is 2. The SMILES string of the molecule is CC(N)O[P+](=O)OCCN. The van der Waals surface area contributed by atoms with Crippen LogP contribution < -0.4 is 11.5 Å². The summed E-state index contributed by atoms with van der Waals surface area (Å²) in [6.07, 6.45) is -0.568. The van der Waals surface area contributed by atoms with Gasteiger partial charge in [0.15, 0.2) is 6.23 Å². The molecule has 10 heavy (non-hydrogen) atoms. The zero-order chi connectivity index (χ0) is 7.98. The van der Waals surface area contributed by atoms with Crippen LogP contribution in [0.3, 0.4) is 0 Å². The van der Waals surface area contributed by atoms with Crippen molar-refractivity contribution in [3.05, 3.63) is 0 Å². The van der Waals surface area contributed by atoms with Gasteiger partial charge in [-0.1, -0.05) is 0 Å². The van der Waals surface area contributed by atoms with Crippen LogP contribution in [-0.2, 0) is 13.6 Å². The van der Waals surface area contributed by atoms with E-state index in [1.54, 1.807) is 6.92 Å². The third kappa shape index (κ3) is 6.07. The van der Waals surface area contributed by atoms with Gasteiger partial charge in [0.25, 0.3) is 0 Å². The fourth-order valence-electron chi connectivity index (χ4n) is 0.293. The first-order valence-electron chi connectivity index (χ1n) is 2.89. The van der Waals surface area contributed by atoms with Gasteiger partial charge in [-0.15, -0.1) is 9.05 Å². The summed E-state index contributed by atoms with van der Waals surface area (Å²) in [6, 6.07) is 0. The molecule has 0 radical (unpaired) electrons. The monoisotopic (exact) mass is 167 g/mol. The van der Waals surface area contributed by atoms with Gasteiger partial charge in [-0.3, -0.25) is 0 Å². The van der Waals surface area contributed by atoms with E-state index in [9.17, 15) is 4.57 Å². The fourth-order valence-corrected chi connectivity index (χ4v) is 0.880. The van der Waals surface area contributed by atoms with E-state index in [1.807, 2.05) is 0 Å². The summed E-state index contributed by atoms with van der Waals surface area (Å²) in [4.78, 5) is 0. The maximum absolute atomic E-state index is 10.6. The Bertz CT molecular complexity index is 109. The third-order valence-electron chi connectivity index (χ3n) is 0.567. The smallest absolute Gasteiger partial charge is 0.328 e. The van der Waals surface area contributed by atoms with Gasteiger partial charge in [-0.2, -0.15) is 0 Å². The standard InChI is InChI=1S/C4H12N2O3P/c1-4(6)9-10(7)8-3-2-5/h4H,2-3,5-6H2,1H3/q+1. The highest BCUT2D eigenvalue weighted by Crippen LogP contribution is 2.23. The van der Waals surface area contributed by atoms with E-state index in [4.69, 9.17) is 11.5 Å². The molecule has 60 valence electrons. The first-order chi connectivity index (χ1) is 4.66. The molecular weight excluding hydrogens is 155 g/mol. The van der Waals surface area contributed by atoms with Crippen molar-refractivity contribution < 1.29 is 13.6 Å². The lowest BCUT2D eigenvalue weighted by Gasteiger charge is -1.91. The summed E-state index contributed by atoms with van der Waals surface area (Å²) in [5, 5.41) is 0. The fraction of sp³-hybridized carbons (Fsp3) is 1.00. The topological polar surface area (TPSA) is 87.6 Å². The van der Waals surface area contributed by atoms with Gasteiger partial charge >= 0.3 is 8.25 Å². The number of hydrogen-bond acceptors (Lipinski definition) is 5. The molecule has 0 amide bonds. The maximum Gasteiger partial charge on any atom is 0.699 e. The van der Waals surface area contributed by atoms with E-state index >= 15 is 0 Å². The minimum atomic E-state index is -2.08. The molecule has 0 spiro atoms. The molecule has 2 atom stereocenters. The zero-order valence-corrected chi connectivity index (χ0v) is 6.71. The molecule has 4 N–H and O–H groups in total. The zero-order valence-electron chi connectivity index (χ0n) is 5.82. The summed E-state index contributed by atoms with van der Waals surface area (Å²) in [7, 11) is -2.08. The van der Waals surface area contributed by atoms with E-state index in [1.165, 1.54) is 0 Å². The Morgan fingerprint density at radius 3 is 2.70 bits per heavy atom. The van der Waals surface area contributed by atoms with E-state index in [-0.39, 0.29) is 6.61 Å². The molecule has 6 heteroatoms. The molecule has 2 unspecified atom stereocenters. The van der Waals surface area contributed by atoms with E-state index in [0.29, 0.717) is 6.54 Å². The van der Waals surface area contributed by atoms with Crippen LogP contribution in [0.1, 0.15) is 6.92 Å². The first-order valence-corrected chi connectivity index (χ1v) is 3.99. The van der Waals surface area contributed by atoms with Crippen LogP contribution in [0, 0.1) is 0 Å². The normalized spacial score (nSPS) is 14.9. The van der Waals surface area contributed by atoms with Crippen LogP contribution >= 0.6 is 8.25 Å². The van der Waals surface area contributed by atoms with E-state index in [0.717, 1.165) is 0 Å². The van der Waals surface area contributed by atoms with Crippen molar-refractivity contribution in [2.24, 2.45) is 11.5 Å². The molecule has 0 aromatic rings. The lowest BCUT2D eigenvalue weighted by Crippen LogP contribution is -2.16.